The SMILES string of the molecule is C=CC(=O)OCCCCCCOc1ccc(COOc2cccc3c2C2(CCc4cccc(Cc5ccc(OCCCCCCOC(=O)C=C)cc5)c42)CC3)cc1. The molecule has 0 radical (unpaired) electrons. The van der Waals surface area contributed by atoms with Gasteiger partial charge in [0.1, 0.15) is 18.1 Å². The van der Waals surface area contributed by atoms with Crippen LogP contribution in [0.25, 0.3) is 0 Å². The van der Waals surface area contributed by atoms with Crippen molar-refractivity contribution in [2.24, 2.45) is 0 Å². The van der Waals surface area contributed by atoms with Gasteiger partial charge in [-0.1, -0.05) is 67.8 Å². The Labute approximate surface area is 337 Å². The van der Waals surface area contributed by atoms with Crippen LogP contribution < -0.4 is 14.4 Å². The van der Waals surface area contributed by atoms with Crippen LogP contribution >= 0.6 is 0 Å². The summed E-state index contributed by atoms with van der Waals surface area (Å²) in [7, 11) is 0. The Morgan fingerprint density at radius 3 is 1.65 bits per heavy atom. The fourth-order valence-corrected chi connectivity index (χ4v) is 8.19. The summed E-state index contributed by atoms with van der Waals surface area (Å²) in [5.41, 5.74) is 9.05. The second-order valence-corrected chi connectivity index (χ2v) is 14.9. The maximum atomic E-state index is 11.1. The Bertz CT molecular complexity index is 1930. The van der Waals surface area contributed by atoms with E-state index >= 15 is 0 Å². The number of unbranched alkanes of at least 4 members (excludes halogenated alkanes) is 6. The lowest BCUT2D eigenvalue weighted by molar-refractivity contribution is -0.218. The Balaban J connectivity index is 0.993. The Morgan fingerprint density at radius 1 is 0.579 bits per heavy atom. The maximum absolute atomic E-state index is 11.1. The van der Waals surface area contributed by atoms with E-state index in [1.165, 1.54) is 45.5 Å². The molecule has 0 amide bonds. The zero-order valence-corrected chi connectivity index (χ0v) is 33.1. The number of fused-ring (bicyclic) bond motifs is 4. The fraction of sp³-hybridized carbons (Fsp3) is 0.388. The van der Waals surface area contributed by atoms with Gasteiger partial charge in [0, 0.05) is 23.1 Å². The molecule has 2 aliphatic carbocycles. The number of hydrogen-bond acceptors (Lipinski definition) is 8. The van der Waals surface area contributed by atoms with Crippen LogP contribution in [0.5, 0.6) is 17.2 Å². The minimum atomic E-state index is -0.370. The highest BCUT2D eigenvalue weighted by molar-refractivity contribution is 5.81. The number of hydrogen-bond donors (Lipinski definition) is 0. The van der Waals surface area contributed by atoms with Gasteiger partial charge in [0.15, 0.2) is 5.75 Å². The predicted molar refractivity (Wildman–Crippen MR) is 222 cm³/mol. The van der Waals surface area contributed by atoms with Gasteiger partial charge < -0.3 is 23.8 Å². The zero-order valence-electron chi connectivity index (χ0n) is 33.1. The van der Waals surface area contributed by atoms with Crippen LogP contribution in [0.4, 0.5) is 0 Å². The first kappa shape index (κ1) is 41.3. The number of aryl methyl sites for hydroxylation is 2. The van der Waals surface area contributed by atoms with Gasteiger partial charge in [0.05, 0.1) is 26.4 Å². The van der Waals surface area contributed by atoms with Crippen molar-refractivity contribution >= 4 is 11.9 Å². The third-order valence-electron chi connectivity index (χ3n) is 11.0. The van der Waals surface area contributed by atoms with Crippen molar-refractivity contribution in [3.05, 3.63) is 149 Å². The number of esters is 2. The Morgan fingerprint density at radius 2 is 1.09 bits per heavy atom. The first-order chi connectivity index (χ1) is 28.0. The number of rotatable bonds is 24. The van der Waals surface area contributed by atoms with Crippen molar-refractivity contribution in [2.45, 2.75) is 95.5 Å². The molecule has 6 rings (SSSR count). The number of carbonyl (C=O) groups excluding carboxylic acids is 2. The Hall–Kier alpha value is -5.34. The highest BCUT2D eigenvalue weighted by atomic mass is 17.2. The molecule has 4 aromatic rings. The van der Waals surface area contributed by atoms with Crippen molar-refractivity contribution in [3.8, 4) is 17.2 Å². The summed E-state index contributed by atoms with van der Waals surface area (Å²) in [6.45, 7) is 9.32. The van der Waals surface area contributed by atoms with E-state index in [-0.39, 0.29) is 17.4 Å². The zero-order chi connectivity index (χ0) is 39.7. The van der Waals surface area contributed by atoms with E-state index < -0.39 is 0 Å². The second kappa shape index (κ2) is 21.3. The van der Waals surface area contributed by atoms with E-state index in [1.54, 1.807) is 0 Å². The highest BCUT2D eigenvalue weighted by Gasteiger charge is 2.48. The van der Waals surface area contributed by atoms with Gasteiger partial charge in [0.25, 0.3) is 0 Å². The number of carbonyl (C=O) groups is 2. The van der Waals surface area contributed by atoms with Crippen LogP contribution in [0.2, 0.25) is 0 Å². The van der Waals surface area contributed by atoms with Crippen molar-refractivity contribution in [1.29, 1.82) is 0 Å². The van der Waals surface area contributed by atoms with Crippen molar-refractivity contribution < 1.29 is 38.3 Å². The molecule has 1 spiro atoms. The summed E-state index contributed by atoms with van der Waals surface area (Å²) in [6, 6.07) is 29.7. The van der Waals surface area contributed by atoms with Gasteiger partial charge in [-0.25, -0.2) is 9.59 Å². The van der Waals surface area contributed by atoms with Crippen LogP contribution in [-0.2, 0) is 55.2 Å². The third kappa shape index (κ3) is 11.4. The van der Waals surface area contributed by atoms with Crippen LogP contribution in [-0.4, -0.2) is 38.4 Å². The molecule has 57 heavy (non-hydrogen) atoms. The van der Waals surface area contributed by atoms with E-state index in [9.17, 15) is 9.59 Å². The molecule has 0 saturated heterocycles. The molecule has 0 fully saturated rings. The molecule has 0 aliphatic heterocycles. The minimum absolute atomic E-state index is 0.102. The lowest BCUT2D eigenvalue weighted by Gasteiger charge is -2.30. The van der Waals surface area contributed by atoms with Gasteiger partial charge in [-0.05, 0) is 147 Å². The van der Waals surface area contributed by atoms with Gasteiger partial charge in [-0.2, -0.15) is 4.89 Å². The summed E-state index contributed by atoms with van der Waals surface area (Å²) in [4.78, 5) is 34.4. The van der Waals surface area contributed by atoms with Gasteiger partial charge in [-0.15, -0.1) is 0 Å². The molecule has 1 unspecified atom stereocenters. The van der Waals surface area contributed by atoms with E-state index in [0.29, 0.717) is 33.0 Å². The lowest BCUT2D eigenvalue weighted by Crippen LogP contribution is -2.24. The van der Waals surface area contributed by atoms with Crippen molar-refractivity contribution in [3.63, 3.8) is 0 Å². The monoisotopic (exact) mass is 772 g/mol. The molecular formula is C49H56O8. The summed E-state index contributed by atoms with van der Waals surface area (Å²) in [5, 5.41) is 0. The summed E-state index contributed by atoms with van der Waals surface area (Å²) < 4.78 is 22.0. The number of benzene rings is 4. The van der Waals surface area contributed by atoms with Crippen LogP contribution in [0.3, 0.4) is 0 Å². The van der Waals surface area contributed by atoms with E-state index in [0.717, 1.165) is 106 Å². The molecule has 1 atom stereocenters. The first-order valence-electron chi connectivity index (χ1n) is 20.5. The third-order valence-corrected chi connectivity index (χ3v) is 11.0. The smallest absolute Gasteiger partial charge is 0.330 e. The normalized spacial score (nSPS) is 15.1. The average Bonchev–Trinajstić information content (AvgIpc) is 3.82. The van der Waals surface area contributed by atoms with E-state index in [2.05, 4.69) is 73.8 Å². The van der Waals surface area contributed by atoms with E-state index in [4.69, 9.17) is 28.7 Å². The quantitative estimate of drug-likeness (QED) is 0.0229. The number of ether oxygens (including phenoxy) is 4. The molecule has 300 valence electrons. The molecule has 0 N–H and O–H groups in total. The minimum Gasteiger partial charge on any atom is -0.494 e. The summed E-state index contributed by atoms with van der Waals surface area (Å²) in [5.74, 6) is 1.79. The van der Waals surface area contributed by atoms with Crippen molar-refractivity contribution in [1.82, 2.24) is 0 Å². The molecular weight excluding hydrogens is 717 g/mol. The van der Waals surface area contributed by atoms with Crippen LogP contribution in [0, 0.1) is 0 Å². The molecule has 0 aromatic heterocycles. The lowest BCUT2D eigenvalue weighted by atomic mass is 9.74. The average molecular weight is 773 g/mol. The summed E-state index contributed by atoms with van der Waals surface area (Å²) >= 11 is 0. The van der Waals surface area contributed by atoms with Gasteiger partial charge in [-0.3, -0.25) is 0 Å². The molecule has 0 heterocycles. The van der Waals surface area contributed by atoms with Crippen molar-refractivity contribution in [2.75, 3.05) is 26.4 Å². The van der Waals surface area contributed by atoms with Crippen LogP contribution in [0.1, 0.15) is 103 Å². The molecule has 0 saturated carbocycles. The van der Waals surface area contributed by atoms with E-state index in [1.807, 2.05) is 24.3 Å². The fourth-order valence-electron chi connectivity index (χ4n) is 8.19. The molecule has 4 aromatic carbocycles. The molecule has 8 nitrogen and oxygen atoms in total. The largest absolute Gasteiger partial charge is 0.494 e. The van der Waals surface area contributed by atoms with Gasteiger partial charge >= 0.3 is 11.9 Å². The molecule has 0 bridgehead atoms. The molecule has 2 aliphatic rings. The standard InChI is InChI=1S/C49H56O8/c1-3-45(50)54-33-11-7-5-9-31-52-42-23-19-37(20-24-42)35-41-17-13-15-39-27-29-49(47(39)41)30-28-40-16-14-18-44(48(40)49)57-56-36-38-21-25-43(26-22-38)53-32-10-6-8-12-34-55-46(51)4-2/h3-4,13-26H,1-2,5-12,27-36H2. The predicted octanol–water partition coefficient (Wildman–Crippen LogP) is 10.3. The van der Waals surface area contributed by atoms with Gasteiger partial charge in [0.2, 0.25) is 0 Å². The molecule has 8 heteroatoms. The summed E-state index contributed by atoms with van der Waals surface area (Å²) in [6.07, 6.45) is 15.0. The topological polar surface area (TPSA) is 89.5 Å². The second-order valence-electron chi connectivity index (χ2n) is 14.9. The van der Waals surface area contributed by atoms with Crippen LogP contribution in [0.15, 0.2) is 110 Å². The maximum Gasteiger partial charge on any atom is 0.330 e. The highest BCUT2D eigenvalue weighted by Crippen LogP contribution is 2.56. The Kier molecular flexibility index (Phi) is 15.4. The first-order valence-corrected chi connectivity index (χ1v) is 20.5.